The number of nitro benzene ring substituents is 1. The summed E-state index contributed by atoms with van der Waals surface area (Å²) in [6.07, 6.45) is 0.986. The van der Waals surface area contributed by atoms with Gasteiger partial charge in [-0.1, -0.05) is 35.9 Å². The van der Waals surface area contributed by atoms with Gasteiger partial charge in [0.25, 0.3) is 5.69 Å². The summed E-state index contributed by atoms with van der Waals surface area (Å²) >= 11 is 5.93. The zero-order valence-corrected chi connectivity index (χ0v) is 14.2. The SMILES string of the molecule is O=[N+]([O-])c1ccccc1N1CCCN(Cc2ccc(Cl)cc2)CC1. The Morgan fingerprint density at radius 1 is 1.00 bits per heavy atom. The van der Waals surface area contributed by atoms with Gasteiger partial charge in [-0.2, -0.15) is 0 Å². The Morgan fingerprint density at radius 3 is 2.50 bits per heavy atom. The molecule has 0 unspecified atom stereocenters. The standard InChI is InChI=1S/C18H20ClN3O2/c19-16-8-6-15(7-9-16)14-20-10-3-11-21(13-12-20)17-4-1-2-5-18(17)22(23)24/h1-2,4-9H,3,10-14H2. The van der Waals surface area contributed by atoms with Crippen molar-refractivity contribution < 1.29 is 4.92 Å². The van der Waals surface area contributed by atoms with Crippen LogP contribution in [0.4, 0.5) is 11.4 Å². The molecule has 0 atom stereocenters. The minimum Gasteiger partial charge on any atom is -0.365 e. The molecule has 1 fully saturated rings. The van der Waals surface area contributed by atoms with Crippen molar-refractivity contribution in [2.75, 3.05) is 31.1 Å². The Balaban J connectivity index is 1.67. The normalized spacial score (nSPS) is 16.0. The van der Waals surface area contributed by atoms with Crippen LogP contribution in [-0.2, 0) is 6.54 Å². The fourth-order valence-electron chi connectivity index (χ4n) is 3.10. The maximum absolute atomic E-state index is 11.2. The van der Waals surface area contributed by atoms with E-state index in [1.165, 1.54) is 5.56 Å². The second-order valence-electron chi connectivity index (χ2n) is 5.99. The van der Waals surface area contributed by atoms with Crippen molar-refractivity contribution in [1.29, 1.82) is 0 Å². The van der Waals surface area contributed by atoms with Crippen molar-refractivity contribution >= 4 is 23.0 Å². The molecule has 1 aliphatic heterocycles. The van der Waals surface area contributed by atoms with Gasteiger partial charge in [0.1, 0.15) is 5.69 Å². The van der Waals surface area contributed by atoms with Gasteiger partial charge in [-0.05, 0) is 30.2 Å². The van der Waals surface area contributed by atoms with Crippen LogP contribution in [0.15, 0.2) is 48.5 Å². The molecule has 6 heteroatoms. The Hall–Kier alpha value is -2.11. The van der Waals surface area contributed by atoms with Crippen LogP contribution in [-0.4, -0.2) is 36.0 Å². The number of hydrogen-bond acceptors (Lipinski definition) is 4. The van der Waals surface area contributed by atoms with Crippen LogP contribution in [0.25, 0.3) is 0 Å². The molecule has 0 amide bonds. The Labute approximate surface area is 146 Å². The summed E-state index contributed by atoms with van der Waals surface area (Å²) in [7, 11) is 0. The first kappa shape index (κ1) is 16.7. The van der Waals surface area contributed by atoms with Gasteiger partial charge in [0.2, 0.25) is 0 Å². The van der Waals surface area contributed by atoms with Crippen molar-refractivity contribution in [3.05, 3.63) is 69.2 Å². The highest BCUT2D eigenvalue weighted by atomic mass is 35.5. The summed E-state index contributed by atoms with van der Waals surface area (Å²) in [6, 6.07) is 14.9. The van der Waals surface area contributed by atoms with E-state index < -0.39 is 0 Å². The monoisotopic (exact) mass is 345 g/mol. The largest absolute Gasteiger partial charge is 0.365 e. The molecule has 0 N–H and O–H groups in total. The third-order valence-corrected chi connectivity index (χ3v) is 4.58. The van der Waals surface area contributed by atoms with E-state index >= 15 is 0 Å². The number of hydrogen-bond donors (Lipinski definition) is 0. The highest BCUT2D eigenvalue weighted by Gasteiger charge is 2.21. The van der Waals surface area contributed by atoms with Gasteiger partial charge in [0.05, 0.1) is 4.92 Å². The van der Waals surface area contributed by atoms with Crippen LogP contribution in [0, 0.1) is 10.1 Å². The molecular weight excluding hydrogens is 326 g/mol. The molecule has 0 radical (unpaired) electrons. The van der Waals surface area contributed by atoms with E-state index in [-0.39, 0.29) is 10.6 Å². The summed E-state index contributed by atoms with van der Waals surface area (Å²) in [5.41, 5.74) is 2.14. The average molecular weight is 346 g/mol. The van der Waals surface area contributed by atoms with E-state index in [0.29, 0.717) is 0 Å². The van der Waals surface area contributed by atoms with Crippen molar-refractivity contribution in [2.24, 2.45) is 0 Å². The first-order valence-electron chi connectivity index (χ1n) is 8.08. The third-order valence-electron chi connectivity index (χ3n) is 4.33. The Bertz CT molecular complexity index is 706. The molecule has 0 bridgehead atoms. The number of benzene rings is 2. The molecule has 24 heavy (non-hydrogen) atoms. The van der Waals surface area contributed by atoms with Crippen LogP contribution in [0.1, 0.15) is 12.0 Å². The predicted molar refractivity (Wildman–Crippen MR) is 96.7 cm³/mol. The zero-order valence-electron chi connectivity index (χ0n) is 13.4. The molecule has 2 aromatic carbocycles. The highest BCUT2D eigenvalue weighted by molar-refractivity contribution is 6.30. The minimum absolute atomic E-state index is 0.184. The topological polar surface area (TPSA) is 49.6 Å². The van der Waals surface area contributed by atoms with Gasteiger partial charge in [0, 0.05) is 43.8 Å². The Morgan fingerprint density at radius 2 is 1.75 bits per heavy atom. The quantitative estimate of drug-likeness (QED) is 0.621. The first-order chi connectivity index (χ1) is 11.6. The lowest BCUT2D eigenvalue weighted by atomic mass is 10.2. The molecule has 2 aromatic rings. The van der Waals surface area contributed by atoms with Gasteiger partial charge in [-0.3, -0.25) is 15.0 Å². The number of anilines is 1. The van der Waals surface area contributed by atoms with E-state index in [4.69, 9.17) is 11.6 Å². The fourth-order valence-corrected chi connectivity index (χ4v) is 3.23. The second-order valence-corrected chi connectivity index (χ2v) is 6.43. The summed E-state index contributed by atoms with van der Waals surface area (Å²) in [5.74, 6) is 0. The molecule has 1 heterocycles. The zero-order chi connectivity index (χ0) is 16.9. The average Bonchev–Trinajstić information content (AvgIpc) is 2.82. The molecule has 0 spiro atoms. The summed E-state index contributed by atoms with van der Waals surface area (Å²) in [4.78, 5) is 15.5. The van der Waals surface area contributed by atoms with Crippen LogP contribution in [0.3, 0.4) is 0 Å². The predicted octanol–water partition coefficient (Wildman–Crippen LogP) is 3.96. The lowest BCUT2D eigenvalue weighted by molar-refractivity contribution is -0.384. The lowest BCUT2D eigenvalue weighted by Gasteiger charge is -2.23. The maximum Gasteiger partial charge on any atom is 0.292 e. The van der Waals surface area contributed by atoms with Crippen molar-refractivity contribution in [3.8, 4) is 0 Å². The maximum atomic E-state index is 11.2. The van der Waals surface area contributed by atoms with Gasteiger partial charge in [-0.25, -0.2) is 0 Å². The minimum atomic E-state index is -0.300. The van der Waals surface area contributed by atoms with Crippen LogP contribution >= 0.6 is 11.6 Å². The van der Waals surface area contributed by atoms with Crippen LogP contribution in [0.2, 0.25) is 5.02 Å². The molecule has 0 aromatic heterocycles. The van der Waals surface area contributed by atoms with Gasteiger partial charge < -0.3 is 4.90 Å². The van der Waals surface area contributed by atoms with Gasteiger partial charge in [0.15, 0.2) is 0 Å². The van der Waals surface area contributed by atoms with E-state index in [2.05, 4.69) is 9.80 Å². The second kappa shape index (κ2) is 7.64. The van der Waals surface area contributed by atoms with Crippen molar-refractivity contribution in [2.45, 2.75) is 13.0 Å². The Kier molecular flexibility index (Phi) is 5.33. The van der Waals surface area contributed by atoms with Crippen LogP contribution in [0.5, 0.6) is 0 Å². The number of para-hydroxylation sites is 2. The van der Waals surface area contributed by atoms with Gasteiger partial charge in [-0.15, -0.1) is 0 Å². The third kappa shape index (κ3) is 4.04. The molecule has 1 saturated heterocycles. The van der Waals surface area contributed by atoms with Gasteiger partial charge >= 0.3 is 0 Å². The number of nitrogens with zero attached hydrogens (tertiary/aromatic N) is 3. The number of halogens is 1. The fraction of sp³-hybridized carbons (Fsp3) is 0.333. The molecule has 1 aliphatic rings. The summed E-state index contributed by atoms with van der Waals surface area (Å²) < 4.78 is 0. The summed E-state index contributed by atoms with van der Waals surface area (Å²) in [5, 5.41) is 12.0. The molecule has 0 saturated carbocycles. The molecular formula is C18H20ClN3O2. The van der Waals surface area contributed by atoms with Crippen molar-refractivity contribution in [3.63, 3.8) is 0 Å². The highest BCUT2D eigenvalue weighted by Crippen LogP contribution is 2.28. The summed E-state index contributed by atoms with van der Waals surface area (Å²) in [6.45, 7) is 4.37. The molecule has 126 valence electrons. The lowest BCUT2D eigenvalue weighted by Crippen LogP contribution is -2.30. The van der Waals surface area contributed by atoms with Crippen LogP contribution < -0.4 is 4.90 Å². The smallest absolute Gasteiger partial charge is 0.292 e. The van der Waals surface area contributed by atoms with Crippen molar-refractivity contribution in [1.82, 2.24) is 4.90 Å². The van der Waals surface area contributed by atoms with E-state index in [9.17, 15) is 10.1 Å². The number of nitro groups is 1. The molecule has 0 aliphatic carbocycles. The molecule has 3 rings (SSSR count). The number of rotatable bonds is 4. The molecule has 5 nitrogen and oxygen atoms in total. The first-order valence-corrected chi connectivity index (χ1v) is 8.46. The van der Waals surface area contributed by atoms with E-state index in [1.807, 2.05) is 36.4 Å². The van der Waals surface area contributed by atoms with E-state index in [1.54, 1.807) is 12.1 Å². The van der Waals surface area contributed by atoms with E-state index in [0.717, 1.165) is 49.9 Å².